The highest BCUT2D eigenvalue weighted by atomic mass is 35.5. The molecule has 0 bridgehead atoms. The van der Waals surface area contributed by atoms with Crippen LogP contribution in [0, 0.1) is 6.92 Å². The molecule has 2 aromatic rings. The molecule has 0 saturated heterocycles. The molecule has 1 heterocycles. The summed E-state index contributed by atoms with van der Waals surface area (Å²) in [6.07, 6.45) is 7.92. The zero-order chi connectivity index (χ0) is 17.8. The third-order valence-electron chi connectivity index (χ3n) is 4.85. The zero-order valence-corrected chi connectivity index (χ0v) is 15.7. The van der Waals surface area contributed by atoms with Gasteiger partial charge < -0.3 is 0 Å². The van der Waals surface area contributed by atoms with Gasteiger partial charge in [0.2, 0.25) is 0 Å². The lowest BCUT2D eigenvalue weighted by molar-refractivity contribution is 1.03. The van der Waals surface area contributed by atoms with Crippen LogP contribution in [0.4, 0.5) is 0 Å². The fourth-order valence-electron chi connectivity index (χ4n) is 3.43. The minimum atomic E-state index is 0.806. The van der Waals surface area contributed by atoms with Crippen LogP contribution in [-0.2, 0) is 12.8 Å². The molecule has 3 rings (SSSR count). The lowest BCUT2D eigenvalue weighted by atomic mass is 9.89. The normalized spacial score (nSPS) is 14.0. The Balaban J connectivity index is 1.94. The minimum Gasteiger partial charge on any atom is -0.260 e. The Morgan fingerprint density at radius 2 is 2.04 bits per heavy atom. The van der Waals surface area contributed by atoms with E-state index in [4.69, 9.17) is 16.6 Å². The second-order valence-corrected chi connectivity index (χ2v) is 6.89. The largest absolute Gasteiger partial charge is 0.260 e. The maximum Gasteiger partial charge on any atom is 0.0479 e. The summed E-state index contributed by atoms with van der Waals surface area (Å²) in [4.78, 5) is 4.76. The first-order valence-electron chi connectivity index (χ1n) is 8.88. The van der Waals surface area contributed by atoms with Gasteiger partial charge in [-0.15, -0.1) is 6.58 Å². The van der Waals surface area contributed by atoms with Gasteiger partial charge in [0, 0.05) is 16.9 Å². The molecule has 0 unspecified atom stereocenters. The van der Waals surface area contributed by atoms with Crippen molar-refractivity contribution < 1.29 is 0 Å². The Labute approximate surface area is 155 Å². The van der Waals surface area contributed by atoms with Crippen LogP contribution in [-0.4, -0.2) is 5.71 Å². The molecule has 0 amide bonds. The third-order valence-corrected chi connectivity index (χ3v) is 5.26. The Kier molecular flexibility index (Phi) is 5.55. The average molecular weight is 350 g/mol. The number of aliphatic imine (C=N–C) groups is 1. The van der Waals surface area contributed by atoms with Gasteiger partial charge in [0.05, 0.1) is 0 Å². The minimum absolute atomic E-state index is 0.806. The number of nitrogens with zero attached hydrogens (tertiary/aromatic N) is 1. The molecule has 1 aliphatic rings. The molecule has 128 valence electrons. The van der Waals surface area contributed by atoms with E-state index in [1.807, 2.05) is 25.3 Å². The summed E-state index contributed by atoms with van der Waals surface area (Å²) < 4.78 is 0. The molecule has 0 atom stereocenters. The SMILES string of the molecule is C=CCc1cccc(C2=CN=C(c3ccc(C)c(Cl)c3)CC2)c1CC. The number of rotatable bonds is 5. The summed E-state index contributed by atoms with van der Waals surface area (Å²) in [5.74, 6) is 0. The van der Waals surface area contributed by atoms with Crippen LogP contribution in [0.2, 0.25) is 5.02 Å². The maximum absolute atomic E-state index is 6.27. The quantitative estimate of drug-likeness (QED) is 0.542. The molecule has 0 spiro atoms. The monoisotopic (exact) mass is 349 g/mol. The van der Waals surface area contributed by atoms with Gasteiger partial charge in [-0.3, -0.25) is 4.99 Å². The number of hydrogen-bond acceptors (Lipinski definition) is 1. The Bertz CT molecular complexity index is 858. The van der Waals surface area contributed by atoms with Crippen molar-refractivity contribution in [1.82, 2.24) is 0 Å². The molecule has 0 N–H and O–H groups in total. The van der Waals surface area contributed by atoms with Crippen molar-refractivity contribution in [3.8, 4) is 0 Å². The lowest BCUT2D eigenvalue weighted by Crippen LogP contribution is -2.07. The van der Waals surface area contributed by atoms with Crippen LogP contribution in [0.3, 0.4) is 0 Å². The van der Waals surface area contributed by atoms with Crippen LogP contribution in [0.1, 0.15) is 47.6 Å². The molecule has 25 heavy (non-hydrogen) atoms. The summed E-state index contributed by atoms with van der Waals surface area (Å²) in [7, 11) is 0. The van der Waals surface area contributed by atoms with Crippen molar-refractivity contribution in [3.05, 3.63) is 88.1 Å². The molecule has 0 aromatic heterocycles. The number of aryl methyl sites for hydroxylation is 1. The molecule has 0 fully saturated rings. The molecule has 2 heteroatoms. The molecular weight excluding hydrogens is 326 g/mol. The third kappa shape index (κ3) is 3.77. The number of halogens is 1. The number of benzene rings is 2. The van der Waals surface area contributed by atoms with Gasteiger partial charge >= 0.3 is 0 Å². The lowest BCUT2D eigenvalue weighted by Gasteiger charge is -2.19. The van der Waals surface area contributed by atoms with E-state index >= 15 is 0 Å². The van der Waals surface area contributed by atoms with Gasteiger partial charge in [0.15, 0.2) is 0 Å². The first-order valence-corrected chi connectivity index (χ1v) is 9.26. The predicted octanol–water partition coefficient (Wildman–Crippen LogP) is 6.56. The van der Waals surface area contributed by atoms with E-state index in [1.165, 1.54) is 22.3 Å². The highest BCUT2D eigenvalue weighted by Gasteiger charge is 2.15. The molecule has 0 aliphatic carbocycles. The first kappa shape index (κ1) is 17.7. The van der Waals surface area contributed by atoms with Crippen LogP contribution >= 0.6 is 11.6 Å². The topological polar surface area (TPSA) is 12.4 Å². The van der Waals surface area contributed by atoms with Crippen molar-refractivity contribution in [2.75, 3.05) is 0 Å². The first-order chi connectivity index (χ1) is 12.1. The van der Waals surface area contributed by atoms with E-state index in [-0.39, 0.29) is 0 Å². The van der Waals surface area contributed by atoms with Gasteiger partial charge in [-0.25, -0.2) is 0 Å². The fourth-order valence-corrected chi connectivity index (χ4v) is 3.61. The number of hydrogen-bond donors (Lipinski definition) is 0. The van der Waals surface area contributed by atoms with E-state index in [1.54, 1.807) is 0 Å². The Morgan fingerprint density at radius 1 is 1.20 bits per heavy atom. The second kappa shape index (κ2) is 7.84. The molecule has 0 radical (unpaired) electrons. The summed E-state index contributed by atoms with van der Waals surface area (Å²) in [5.41, 5.74) is 8.80. The van der Waals surface area contributed by atoms with Crippen molar-refractivity contribution in [1.29, 1.82) is 0 Å². The van der Waals surface area contributed by atoms with Gasteiger partial charge in [0.1, 0.15) is 0 Å². The van der Waals surface area contributed by atoms with Crippen molar-refractivity contribution in [3.63, 3.8) is 0 Å². The van der Waals surface area contributed by atoms with E-state index in [0.717, 1.165) is 47.5 Å². The van der Waals surface area contributed by atoms with E-state index in [9.17, 15) is 0 Å². The van der Waals surface area contributed by atoms with E-state index < -0.39 is 0 Å². The standard InChI is InChI=1S/C23H24ClN/c1-4-7-17-8-6-9-21(20(17)5-2)19-12-13-23(25-15-19)18-11-10-16(3)22(24)14-18/h4,6,8-11,14-15H,1,5,7,12-13H2,2-3H3. The van der Waals surface area contributed by atoms with E-state index in [0.29, 0.717) is 0 Å². The van der Waals surface area contributed by atoms with Gasteiger partial charge in [-0.2, -0.15) is 0 Å². The number of allylic oxidation sites excluding steroid dienone is 2. The molecular formula is C23H24ClN. The van der Waals surface area contributed by atoms with Crippen molar-refractivity contribution in [2.45, 2.75) is 39.5 Å². The average Bonchev–Trinajstić information content (AvgIpc) is 2.64. The molecule has 0 saturated carbocycles. The summed E-state index contributed by atoms with van der Waals surface area (Å²) in [5, 5.41) is 0.806. The Hall–Kier alpha value is -2.12. The maximum atomic E-state index is 6.27. The zero-order valence-electron chi connectivity index (χ0n) is 15.0. The van der Waals surface area contributed by atoms with Crippen LogP contribution < -0.4 is 0 Å². The molecule has 1 aliphatic heterocycles. The molecule has 1 nitrogen and oxygen atoms in total. The van der Waals surface area contributed by atoms with Crippen LogP contribution in [0.5, 0.6) is 0 Å². The van der Waals surface area contributed by atoms with E-state index in [2.05, 4.69) is 43.8 Å². The smallest absolute Gasteiger partial charge is 0.0479 e. The second-order valence-electron chi connectivity index (χ2n) is 6.48. The summed E-state index contributed by atoms with van der Waals surface area (Å²) in [6.45, 7) is 8.13. The van der Waals surface area contributed by atoms with Crippen molar-refractivity contribution >= 4 is 22.9 Å². The van der Waals surface area contributed by atoms with Crippen LogP contribution in [0.15, 0.2) is 60.2 Å². The van der Waals surface area contributed by atoms with Gasteiger partial charge in [0.25, 0.3) is 0 Å². The Morgan fingerprint density at radius 3 is 2.68 bits per heavy atom. The summed E-state index contributed by atoms with van der Waals surface area (Å²) in [6, 6.07) is 12.8. The molecule has 2 aromatic carbocycles. The fraction of sp³-hybridized carbons (Fsp3) is 0.261. The highest BCUT2D eigenvalue weighted by molar-refractivity contribution is 6.31. The van der Waals surface area contributed by atoms with Crippen LogP contribution in [0.25, 0.3) is 5.57 Å². The van der Waals surface area contributed by atoms with Gasteiger partial charge in [-0.05, 0) is 72.1 Å². The van der Waals surface area contributed by atoms with Gasteiger partial charge in [-0.1, -0.05) is 54.9 Å². The summed E-state index contributed by atoms with van der Waals surface area (Å²) >= 11 is 6.27. The predicted molar refractivity (Wildman–Crippen MR) is 110 cm³/mol. The van der Waals surface area contributed by atoms with Crippen molar-refractivity contribution in [2.24, 2.45) is 4.99 Å². The highest BCUT2D eigenvalue weighted by Crippen LogP contribution is 2.31.